The van der Waals surface area contributed by atoms with E-state index in [2.05, 4.69) is 6.07 Å². The van der Waals surface area contributed by atoms with E-state index in [1.807, 2.05) is 6.92 Å². The first-order valence-electron chi connectivity index (χ1n) is 7.50. The maximum atomic E-state index is 12.4. The van der Waals surface area contributed by atoms with Gasteiger partial charge in [-0.15, -0.1) is 0 Å². The lowest BCUT2D eigenvalue weighted by molar-refractivity contribution is 0.104. The van der Waals surface area contributed by atoms with Crippen molar-refractivity contribution in [2.45, 2.75) is 11.8 Å². The number of nitriles is 1. The molecule has 25 heavy (non-hydrogen) atoms. The molecular formula is C18H19N3O3S. The van der Waals surface area contributed by atoms with Crippen molar-refractivity contribution in [2.24, 2.45) is 7.05 Å². The molecule has 0 N–H and O–H groups in total. The number of benzene rings is 1. The summed E-state index contributed by atoms with van der Waals surface area (Å²) < 4.78 is 27.2. The summed E-state index contributed by atoms with van der Waals surface area (Å²) in [5.41, 5.74) is 2.42. The van der Waals surface area contributed by atoms with Crippen LogP contribution in [0.15, 0.2) is 41.3 Å². The van der Waals surface area contributed by atoms with E-state index in [0.717, 1.165) is 15.6 Å². The summed E-state index contributed by atoms with van der Waals surface area (Å²) in [5.74, 6) is -0.308. The summed E-state index contributed by atoms with van der Waals surface area (Å²) in [7, 11) is 1.06. The van der Waals surface area contributed by atoms with Crippen LogP contribution in [0.4, 0.5) is 0 Å². The molecule has 0 bridgehead atoms. The van der Waals surface area contributed by atoms with Crippen LogP contribution in [-0.2, 0) is 17.1 Å². The number of rotatable bonds is 5. The van der Waals surface area contributed by atoms with E-state index in [9.17, 15) is 13.2 Å². The van der Waals surface area contributed by atoms with Crippen LogP contribution in [0.3, 0.4) is 0 Å². The van der Waals surface area contributed by atoms with Crippen LogP contribution in [0.2, 0.25) is 0 Å². The van der Waals surface area contributed by atoms with Crippen LogP contribution in [0, 0.1) is 18.3 Å². The number of carbonyl (C=O) groups is 1. The Balaban J connectivity index is 2.32. The van der Waals surface area contributed by atoms with Crippen molar-refractivity contribution < 1.29 is 13.2 Å². The Kier molecular flexibility index (Phi) is 5.26. The monoisotopic (exact) mass is 357 g/mol. The van der Waals surface area contributed by atoms with Gasteiger partial charge in [-0.2, -0.15) is 5.26 Å². The minimum absolute atomic E-state index is 0.0689. The number of carbonyl (C=O) groups excluding carboxylic acids is 1. The van der Waals surface area contributed by atoms with Crippen molar-refractivity contribution in [1.29, 1.82) is 5.26 Å². The van der Waals surface area contributed by atoms with Crippen molar-refractivity contribution in [3.05, 3.63) is 58.9 Å². The molecule has 130 valence electrons. The van der Waals surface area contributed by atoms with E-state index in [1.165, 1.54) is 32.3 Å². The van der Waals surface area contributed by atoms with Crippen LogP contribution in [-0.4, -0.2) is 37.2 Å². The van der Waals surface area contributed by atoms with E-state index >= 15 is 0 Å². The highest BCUT2D eigenvalue weighted by Gasteiger charge is 2.18. The highest BCUT2D eigenvalue weighted by Crippen LogP contribution is 2.18. The molecule has 2 aromatic rings. The van der Waals surface area contributed by atoms with Gasteiger partial charge in [-0.05, 0) is 42.8 Å². The van der Waals surface area contributed by atoms with E-state index in [-0.39, 0.29) is 16.2 Å². The Bertz CT molecular complexity index is 993. The van der Waals surface area contributed by atoms with Crippen molar-refractivity contribution >= 4 is 21.9 Å². The van der Waals surface area contributed by atoms with Gasteiger partial charge >= 0.3 is 0 Å². The second kappa shape index (κ2) is 7.05. The smallest absolute Gasteiger partial charge is 0.242 e. The molecule has 1 aromatic heterocycles. The number of allylic oxidation sites excluding steroid dienone is 1. The van der Waals surface area contributed by atoms with Crippen LogP contribution in [0.5, 0.6) is 0 Å². The zero-order chi connectivity index (χ0) is 18.8. The van der Waals surface area contributed by atoms with E-state index in [0.29, 0.717) is 5.69 Å². The average molecular weight is 357 g/mol. The zero-order valence-corrected chi connectivity index (χ0v) is 15.3. The van der Waals surface area contributed by atoms with Crippen molar-refractivity contribution in [3.8, 4) is 6.07 Å². The first kappa shape index (κ1) is 18.6. The lowest BCUT2D eigenvalue weighted by atomic mass is 10.1. The Morgan fingerprint density at radius 2 is 1.96 bits per heavy atom. The molecule has 7 heteroatoms. The Labute approximate surface area is 147 Å². The third-order valence-corrected chi connectivity index (χ3v) is 5.81. The SMILES string of the molecule is Cc1c(C=CC(=O)c2cccc(S(=O)(=O)N(C)C)c2)cc(C#N)n1C. The van der Waals surface area contributed by atoms with E-state index < -0.39 is 10.0 Å². The molecule has 0 saturated carbocycles. The maximum Gasteiger partial charge on any atom is 0.242 e. The predicted molar refractivity (Wildman–Crippen MR) is 95.5 cm³/mol. The van der Waals surface area contributed by atoms with Gasteiger partial charge in [-0.3, -0.25) is 4.79 Å². The molecule has 0 unspecified atom stereocenters. The highest BCUT2D eigenvalue weighted by molar-refractivity contribution is 7.89. The molecule has 0 aliphatic heterocycles. The lowest BCUT2D eigenvalue weighted by Crippen LogP contribution is -2.22. The zero-order valence-electron chi connectivity index (χ0n) is 14.5. The second-order valence-electron chi connectivity index (χ2n) is 5.75. The average Bonchev–Trinajstić information content (AvgIpc) is 2.87. The van der Waals surface area contributed by atoms with Crippen LogP contribution >= 0.6 is 0 Å². The standard InChI is InChI=1S/C18H19N3O3S/c1-13-14(10-16(12-19)21(13)4)8-9-18(22)15-6-5-7-17(11-15)25(23,24)20(2)3/h5-11H,1-4H3. The Morgan fingerprint density at radius 1 is 1.28 bits per heavy atom. The van der Waals surface area contributed by atoms with Gasteiger partial charge < -0.3 is 4.57 Å². The molecular weight excluding hydrogens is 338 g/mol. The minimum atomic E-state index is -3.59. The predicted octanol–water partition coefficient (Wildman–Crippen LogP) is 2.35. The molecule has 0 radical (unpaired) electrons. The van der Waals surface area contributed by atoms with E-state index in [4.69, 9.17) is 5.26 Å². The fourth-order valence-corrected chi connectivity index (χ4v) is 3.23. The number of hydrogen-bond donors (Lipinski definition) is 0. The molecule has 0 fully saturated rings. The molecule has 2 rings (SSSR count). The highest BCUT2D eigenvalue weighted by atomic mass is 32.2. The van der Waals surface area contributed by atoms with Gasteiger partial charge in [0.2, 0.25) is 10.0 Å². The molecule has 0 atom stereocenters. The van der Waals surface area contributed by atoms with Crippen molar-refractivity contribution in [2.75, 3.05) is 14.1 Å². The molecule has 0 spiro atoms. The van der Waals surface area contributed by atoms with Gasteiger partial charge in [0.05, 0.1) is 4.90 Å². The molecule has 0 aliphatic carbocycles. The van der Waals surface area contributed by atoms with Gasteiger partial charge in [0, 0.05) is 32.4 Å². The third kappa shape index (κ3) is 3.71. The van der Waals surface area contributed by atoms with Crippen molar-refractivity contribution in [1.82, 2.24) is 8.87 Å². The van der Waals surface area contributed by atoms with Gasteiger partial charge in [-0.25, -0.2) is 12.7 Å². The van der Waals surface area contributed by atoms with Gasteiger partial charge in [0.1, 0.15) is 11.8 Å². The van der Waals surface area contributed by atoms with Gasteiger partial charge in [0.15, 0.2) is 5.78 Å². The lowest BCUT2D eigenvalue weighted by Gasteiger charge is -2.11. The summed E-state index contributed by atoms with van der Waals surface area (Å²) in [5, 5.41) is 9.04. The molecule has 6 nitrogen and oxygen atoms in total. The molecule has 0 aliphatic rings. The number of nitrogens with zero attached hydrogens (tertiary/aromatic N) is 3. The van der Waals surface area contributed by atoms with Crippen LogP contribution in [0.1, 0.15) is 27.3 Å². The summed E-state index contributed by atoms with van der Waals surface area (Å²) in [6.07, 6.45) is 3.01. The fraction of sp³-hybridized carbons (Fsp3) is 0.222. The van der Waals surface area contributed by atoms with E-state index in [1.54, 1.807) is 35.9 Å². The Hall–Kier alpha value is -2.69. The minimum Gasteiger partial charge on any atom is -0.339 e. The number of sulfonamides is 1. The number of ketones is 1. The molecule has 1 heterocycles. The topological polar surface area (TPSA) is 83.2 Å². The largest absolute Gasteiger partial charge is 0.339 e. The Morgan fingerprint density at radius 3 is 2.52 bits per heavy atom. The fourth-order valence-electron chi connectivity index (χ4n) is 2.28. The van der Waals surface area contributed by atoms with Crippen LogP contribution in [0.25, 0.3) is 6.08 Å². The third-order valence-electron chi connectivity index (χ3n) is 4.00. The number of hydrogen-bond acceptors (Lipinski definition) is 4. The first-order valence-corrected chi connectivity index (χ1v) is 8.94. The summed E-state index contributed by atoms with van der Waals surface area (Å²) in [6.45, 7) is 1.86. The van der Waals surface area contributed by atoms with Gasteiger partial charge in [-0.1, -0.05) is 12.1 Å². The molecule has 1 aromatic carbocycles. The summed E-state index contributed by atoms with van der Waals surface area (Å²) in [4.78, 5) is 12.4. The molecule has 0 amide bonds. The summed E-state index contributed by atoms with van der Waals surface area (Å²) >= 11 is 0. The summed E-state index contributed by atoms with van der Waals surface area (Å²) in [6, 6.07) is 9.71. The first-order chi connectivity index (χ1) is 11.7. The normalized spacial score (nSPS) is 11.8. The van der Waals surface area contributed by atoms with Gasteiger partial charge in [0.25, 0.3) is 0 Å². The van der Waals surface area contributed by atoms with Crippen molar-refractivity contribution in [3.63, 3.8) is 0 Å². The molecule has 0 saturated heterocycles. The quantitative estimate of drug-likeness (QED) is 0.607. The second-order valence-corrected chi connectivity index (χ2v) is 7.91. The number of aromatic nitrogens is 1. The maximum absolute atomic E-state index is 12.4. The van der Waals surface area contributed by atoms with Crippen LogP contribution < -0.4 is 0 Å².